The van der Waals surface area contributed by atoms with Gasteiger partial charge in [0.2, 0.25) is 0 Å². The number of piperidine rings is 1. The van der Waals surface area contributed by atoms with Crippen molar-refractivity contribution in [2.45, 2.75) is 50.2 Å². The lowest BCUT2D eigenvalue weighted by molar-refractivity contribution is 0.0206. The molecule has 1 aliphatic heterocycles. The van der Waals surface area contributed by atoms with E-state index in [2.05, 4.69) is 5.32 Å². The van der Waals surface area contributed by atoms with Gasteiger partial charge in [-0.3, -0.25) is 0 Å². The van der Waals surface area contributed by atoms with Crippen LogP contribution in [0, 0.1) is 0 Å². The van der Waals surface area contributed by atoms with E-state index in [1.807, 2.05) is 20.8 Å². The van der Waals surface area contributed by atoms with Crippen LogP contribution in [-0.4, -0.2) is 50.4 Å². The Bertz CT molecular complexity index is 678. The number of carbonyl (C=O) groups is 1. The second-order valence-electron chi connectivity index (χ2n) is 7.21. The van der Waals surface area contributed by atoms with Crippen molar-refractivity contribution in [3.63, 3.8) is 0 Å². The number of anilines is 1. The first-order valence-corrected chi connectivity index (χ1v) is 9.98. The molecule has 0 saturated carbocycles. The second kappa shape index (κ2) is 7.01. The zero-order valence-corrected chi connectivity index (χ0v) is 15.5. The fourth-order valence-electron chi connectivity index (χ4n) is 2.62. The van der Waals surface area contributed by atoms with Crippen molar-refractivity contribution >= 4 is 21.6 Å². The number of ether oxygens (including phenoxy) is 1. The third-order valence-electron chi connectivity index (χ3n) is 3.73. The topological polar surface area (TPSA) is 75.7 Å². The van der Waals surface area contributed by atoms with Gasteiger partial charge >= 0.3 is 6.09 Å². The van der Waals surface area contributed by atoms with Gasteiger partial charge in [0.1, 0.15) is 5.60 Å². The van der Waals surface area contributed by atoms with Crippen LogP contribution in [0.5, 0.6) is 0 Å². The predicted octanol–water partition coefficient (Wildman–Crippen LogP) is 2.90. The summed E-state index contributed by atoms with van der Waals surface area (Å²) in [4.78, 5) is 14.2. The summed E-state index contributed by atoms with van der Waals surface area (Å²) in [5.74, 6) is 0. The lowest BCUT2D eigenvalue weighted by Crippen LogP contribution is -2.46. The molecule has 0 spiro atoms. The van der Waals surface area contributed by atoms with Gasteiger partial charge in [0.15, 0.2) is 9.84 Å². The average molecular weight is 354 g/mol. The van der Waals surface area contributed by atoms with Crippen LogP contribution >= 0.6 is 0 Å². The van der Waals surface area contributed by atoms with E-state index in [4.69, 9.17) is 4.74 Å². The van der Waals surface area contributed by atoms with Crippen LogP contribution in [-0.2, 0) is 14.6 Å². The summed E-state index contributed by atoms with van der Waals surface area (Å²) < 4.78 is 28.4. The maximum Gasteiger partial charge on any atom is 0.410 e. The molecule has 6 nitrogen and oxygen atoms in total. The fourth-order valence-corrected chi connectivity index (χ4v) is 3.25. The molecular weight excluding hydrogens is 328 g/mol. The van der Waals surface area contributed by atoms with E-state index in [1.165, 1.54) is 6.26 Å². The van der Waals surface area contributed by atoms with E-state index in [0.717, 1.165) is 18.5 Å². The Kier molecular flexibility index (Phi) is 5.42. The standard InChI is InChI=1S/C17H26N2O4S/c1-17(2,3)23-16(20)19-11-5-6-14(12-19)18-13-7-9-15(10-8-13)24(4,21)22/h7-10,14,18H,5-6,11-12H2,1-4H3/t14-/m1/s1. The lowest BCUT2D eigenvalue weighted by atomic mass is 10.1. The predicted molar refractivity (Wildman–Crippen MR) is 94.0 cm³/mol. The Morgan fingerprint density at radius 1 is 1.25 bits per heavy atom. The minimum atomic E-state index is -3.19. The molecule has 1 aromatic carbocycles. The summed E-state index contributed by atoms with van der Waals surface area (Å²) in [5.41, 5.74) is 0.345. The van der Waals surface area contributed by atoms with Crippen molar-refractivity contribution in [1.29, 1.82) is 0 Å². The van der Waals surface area contributed by atoms with E-state index in [-0.39, 0.29) is 12.1 Å². The molecule has 0 aromatic heterocycles. The monoisotopic (exact) mass is 354 g/mol. The summed E-state index contributed by atoms with van der Waals surface area (Å²) in [6, 6.07) is 6.81. The van der Waals surface area contributed by atoms with Gasteiger partial charge in [-0.25, -0.2) is 13.2 Å². The van der Waals surface area contributed by atoms with Crippen molar-refractivity contribution < 1.29 is 17.9 Å². The first-order valence-electron chi connectivity index (χ1n) is 8.09. The zero-order chi connectivity index (χ0) is 18.0. The minimum Gasteiger partial charge on any atom is -0.444 e. The molecule has 1 saturated heterocycles. The van der Waals surface area contributed by atoms with Crippen LogP contribution < -0.4 is 5.32 Å². The minimum absolute atomic E-state index is 0.121. The summed E-state index contributed by atoms with van der Waals surface area (Å²) >= 11 is 0. The third kappa shape index (κ3) is 5.40. The van der Waals surface area contributed by atoms with Gasteiger partial charge in [0.25, 0.3) is 0 Å². The number of rotatable bonds is 3. The van der Waals surface area contributed by atoms with Crippen molar-refractivity contribution in [2.24, 2.45) is 0 Å². The summed E-state index contributed by atoms with van der Waals surface area (Å²) in [6.07, 6.45) is 2.75. The molecule has 0 bridgehead atoms. The van der Waals surface area contributed by atoms with Crippen LogP contribution in [0.25, 0.3) is 0 Å². The van der Waals surface area contributed by atoms with Crippen LogP contribution in [0.2, 0.25) is 0 Å². The number of nitrogens with one attached hydrogen (secondary N) is 1. The Morgan fingerprint density at radius 2 is 1.88 bits per heavy atom. The lowest BCUT2D eigenvalue weighted by Gasteiger charge is -2.34. The van der Waals surface area contributed by atoms with Crippen LogP contribution in [0.15, 0.2) is 29.2 Å². The molecule has 0 unspecified atom stereocenters. The molecule has 1 fully saturated rings. The molecule has 2 rings (SSSR count). The molecule has 1 N–H and O–H groups in total. The summed E-state index contributed by atoms with van der Waals surface area (Å²) in [6.45, 7) is 6.83. The second-order valence-corrected chi connectivity index (χ2v) is 9.22. The average Bonchev–Trinajstić information content (AvgIpc) is 2.45. The first kappa shape index (κ1) is 18.6. The van der Waals surface area contributed by atoms with E-state index in [1.54, 1.807) is 29.2 Å². The van der Waals surface area contributed by atoms with Gasteiger partial charge < -0.3 is 15.0 Å². The molecule has 134 valence electrons. The molecule has 0 radical (unpaired) electrons. The number of likely N-dealkylation sites (tertiary alicyclic amines) is 1. The van der Waals surface area contributed by atoms with Crippen molar-refractivity contribution in [3.05, 3.63) is 24.3 Å². The maximum absolute atomic E-state index is 12.2. The van der Waals surface area contributed by atoms with Crippen molar-refractivity contribution in [1.82, 2.24) is 4.90 Å². The molecule has 1 aliphatic rings. The summed E-state index contributed by atoms with van der Waals surface area (Å²) in [5, 5.41) is 3.36. The normalized spacial score (nSPS) is 19.0. The SMILES string of the molecule is CC(C)(C)OC(=O)N1CCC[C@@H](Nc2ccc(S(C)(=O)=O)cc2)C1. The number of sulfone groups is 1. The molecular formula is C17H26N2O4S. The van der Waals surface area contributed by atoms with Gasteiger partial charge in [-0.2, -0.15) is 0 Å². The molecule has 24 heavy (non-hydrogen) atoms. The number of carbonyl (C=O) groups excluding carboxylic acids is 1. The first-order chi connectivity index (χ1) is 11.0. The molecule has 0 aliphatic carbocycles. The van der Waals surface area contributed by atoms with Gasteiger partial charge in [0, 0.05) is 31.1 Å². The molecule has 1 aromatic rings. The smallest absolute Gasteiger partial charge is 0.410 e. The highest BCUT2D eigenvalue weighted by Crippen LogP contribution is 2.20. The molecule has 7 heteroatoms. The van der Waals surface area contributed by atoms with Gasteiger partial charge in [-0.05, 0) is 57.9 Å². The van der Waals surface area contributed by atoms with Crippen molar-refractivity contribution in [3.8, 4) is 0 Å². The number of nitrogens with zero attached hydrogens (tertiary/aromatic N) is 1. The highest BCUT2D eigenvalue weighted by molar-refractivity contribution is 7.90. The van der Waals surface area contributed by atoms with Gasteiger partial charge in [-0.1, -0.05) is 0 Å². The van der Waals surface area contributed by atoms with E-state index in [0.29, 0.717) is 18.0 Å². The zero-order valence-electron chi connectivity index (χ0n) is 14.7. The number of hydrogen-bond donors (Lipinski definition) is 1. The van der Waals surface area contributed by atoms with E-state index >= 15 is 0 Å². The Morgan fingerprint density at radius 3 is 2.42 bits per heavy atom. The molecule has 1 atom stereocenters. The number of hydrogen-bond acceptors (Lipinski definition) is 5. The Labute approximate surface area is 144 Å². The maximum atomic E-state index is 12.2. The van der Waals surface area contributed by atoms with E-state index in [9.17, 15) is 13.2 Å². The summed E-state index contributed by atoms with van der Waals surface area (Å²) in [7, 11) is -3.19. The Balaban J connectivity index is 1.97. The fraction of sp³-hybridized carbons (Fsp3) is 0.588. The highest BCUT2D eigenvalue weighted by atomic mass is 32.2. The number of amides is 1. The number of benzene rings is 1. The van der Waals surface area contributed by atoms with Crippen LogP contribution in [0.3, 0.4) is 0 Å². The van der Waals surface area contributed by atoms with Crippen molar-refractivity contribution in [2.75, 3.05) is 24.7 Å². The highest BCUT2D eigenvalue weighted by Gasteiger charge is 2.27. The van der Waals surface area contributed by atoms with Crippen LogP contribution in [0.4, 0.5) is 10.5 Å². The molecule has 1 amide bonds. The van der Waals surface area contributed by atoms with Gasteiger partial charge in [0.05, 0.1) is 4.90 Å². The third-order valence-corrected chi connectivity index (χ3v) is 4.85. The largest absolute Gasteiger partial charge is 0.444 e. The van der Waals surface area contributed by atoms with Crippen LogP contribution in [0.1, 0.15) is 33.6 Å². The van der Waals surface area contributed by atoms with Gasteiger partial charge in [-0.15, -0.1) is 0 Å². The Hall–Kier alpha value is -1.76. The van der Waals surface area contributed by atoms with E-state index < -0.39 is 15.4 Å². The molecule has 1 heterocycles. The quantitative estimate of drug-likeness (QED) is 0.903.